The second kappa shape index (κ2) is 14.8. The predicted molar refractivity (Wildman–Crippen MR) is 189 cm³/mol. The first-order valence-electron chi connectivity index (χ1n) is 17.8. The Kier molecular flexibility index (Phi) is 10.5. The normalized spacial score (nSPS) is 29.6. The van der Waals surface area contributed by atoms with Gasteiger partial charge in [0.2, 0.25) is 11.8 Å². The summed E-state index contributed by atoms with van der Waals surface area (Å²) in [6.07, 6.45) is 6.29. The number of hydrogen-bond acceptors (Lipinski definition) is 8. The molecule has 3 amide bonds. The average molecular weight is 685 g/mol. The minimum atomic E-state index is -1.45. The molecule has 2 aromatic rings. The Morgan fingerprint density at radius 2 is 1.70 bits per heavy atom. The van der Waals surface area contributed by atoms with Gasteiger partial charge in [-0.15, -0.1) is 0 Å². The second-order valence-corrected chi connectivity index (χ2v) is 13.7. The Labute approximate surface area is 293 Å². The summed E-state index contributed by atoms with van der Waals surface area (Å²) in [5.74, 6) is -3.93. The van der Waals surface area contributed by atoms with E-state index in [1.165, 1.54) is 4.90 Å². The third-order valence-corrected chi connectivity index (χ3v) is 10.6. The predicted octanol–water partition coefficient (Wildman–Crippen LogP) is 3.78. The van der Waals surface area contributed by atoms with Crippen LogP contribution < -0.4 is 15.1 Å². The van der Waals surface area contributed by atoms with Gasteiger partial charge in [-0.2, -0.15) is 0 Å². The number of allylic oxidation sites excluding steroid dienone is 1. The number of anilines is 2. The van der Waals surface area contributed by atoms with Gasteiger partial charge in [-0.3, -0.25) is 19.2 Å². The highest BCUT2D eigenvalue weighted by molar-refractivity contribution is 6.05. The molecule has 1 spiro atoms. The fourth-order valence-corrected chi connectivity index (χ4v) is 7.96. The Morgan fingerprint density at radius 1 is 0.980 bits per heavy atom. The van der Waals surface area contributed by atoms with Crippen molar-refractivity contribution in [3.05, 3.63) is 84.5 Å². The molecule has 4 aliphatic rings. The van der Waals surface area contributed by atoms with Crippen LogP contribution >= 0.6 is 0 Å². The van der Waals surface area contributed by atoms with E-state index >= 15 is 4.79 Å². The van der Waals surface area contributed by atoms with Crippen LogP contribution in [0.15, 0.2) is 78.9 Å². The van der Waals surface area contributed by atoms with E-state index in [9.17, 15) is 19.5 Å². The lowest BCUT2D eigenvalue weighted by Crippen LogP contribution is -2.59. The van der Waals surface area contributed by atoms with E-state index < -0.39 is 53.6 Å². The summed E-state index contributed by atoms with van der Waals surface area (Å²) < 4.78 is 12.7. The van der Waals surface area contributed by atoms with Crippen molar-refractivity contribution in [3.8, 4) is 0 Å². The quantitative estimate of drug-likeness (QED) is 0.318. The van der Waals surface area contributed by atoms with Crippen molar-refractivity contribution in [2.24, 2.45) is 17.8 Å². The van der Waals surface area contributed by atoms with Crippen molar-refractivity contribution < 1.29 is 33.8 Å². The number of amides is 3. The molecule has 2 saturated heterocycles. The van der Waals surface area contributed by atoms with Crippen LogP contribution in [0.4, 0.5) is 11.4 Å². The molecule has 266 valence electrons. The van der Waals surface area contributed by atoms with Crippen molar-refractivity contribution in [2.45, 2.75) is 70.4 Å². The summed E-state index contributed by atoms with van der Waals surface area (Å²) in [5.41, 5.74) is 0.897. The second-order valence-electron chi connectivity index (χ2n) is 13.7. The van der Waals surface area contributed by atoms with E-state index in [0.29, 0.717) is 17.7 Å². The first-order valence-corrected chi connectivity index (χ1v) is 17.8. The number of cyclic esters (lactones) is 1. The number of hydrogen-bond donors (Lipinski definition) is 2. The molecule has 0 saturated carbocycles. The van der Waals surface area contributed by atoms with E-state index in [1.54, 1.807) is 17.1 Å². The molecule has 11 heteroatoms. The highest BCUT2D eigenvalue weighted by Gasteiger charge is 2.74. The van der Waals surface area contributed by atoms with Gasteiger partial charge in [0, 0.05) is 37.4 Å². The van der Waals surface area contributed by atoms with Crippen molar-refractivity contribution >= 4 is 35.1 Å². The molecule has 4 aliphatic heterocycles. The third kappa shape index (κ3) is 6.33. The molecule has 50 heavy (non-hydrogen) atoms. The number of rotatable bonds is 8. The summed E-state index contributed by atoms with van der Waals surface area (Å²) in [7, 11) is 0. The van der Waals surface area contributed by atoms with Crippen molar-refractivity contribution in [1.29, 1.82) is 0 Å². The van der Waals surface area contributed by atoms with E-state index in [2.05, 4.69) is 24.1 Å². The number of nitrogens with one attached hydrogen (secondary N) is 1. The van der Waals surface area contributed by atoms with Crippen LogP contribution in [0.25, 0.3) is 0 Å². The van der Waals surface area contributed by atoms with E-state index in [-0.39, 0.29) is 43.8 Å². The summed E-state index contributed by atoms with van der Waals surface area (Å²) in [4.78, 5) is 62.2. The van der Waals surface area contributed by atoms with Gasteiger partial charge in [-0.05, 0) is 56.0 Å². The zero-order chi connectivity index (χ0) is 35.6. The van der Waals surface area contributed by atoms with Crippen LogP contribution in [0.1, 0.15) is 52.2 Å². The Balaban J connectivity index is 1.45. The van der Waals surface area contributed by atoms with Gasteiger partial charge in [0.25, 0.3) is 5.91 Å². The van der Waals surface area contributed by atoms with Gasteiger partial charge in [-0.25, -0.2) is 0 Å². The molecule has 2 aromatic carbocycles. The lowest BCUT2D eigenvalue weighted by atomic mass is 9.74. The zero-order valence-electron chi connectivity index (χ0n) is 29.2. The van der Waals surface area contributed by atoms with Crippen LogP contribution in [-0.4, -0.2) is 90.3 Å². The maximum atomic E-state index is 15.1. The minimum Gasteiger partial charge on any atom is -0.455 e. The summed E-state index contributed by atoms with van der Waals surface area (Å²) in [5, 5.41) is 13.6. The smallest absolute Gasteiger partial charge is 0.313 e. The summed E-state index contributed by atoms with van der Waals surface area (Å²) >= 11 is 0. The van der Waals surface area contributed by atoms with Crippen LogP contribution in [0.3, 0.4) is 0 Å². The fourth-order valence-electron chi connectivity index (χ4n) is 7.96. The van der Waals surface area contributed by atoms with Crippen LogP contribution in [-0.2, 0) is 28.7 Å². The fraction of sp³-hybridized carbons (Fsp3) is 0.487. The maximum absolute atomic E-state index is 15.1. The maximum Gasteiger partial charge on any atom is 0.313 e. The molecule has 0 unspecified atom stereocenters. The third-order valence-electron chi connectivity index (χ3n) is 10.6. The monoisotopic (exact) mass is 684 g/mol. The molecular formula is C39H48N4O7. The number of carbonyl (C=O) groups excluding carboxylic acids is 4. The van der Waals surface area contributed by atoms with Crippen LogP contribution in [0.5, 0.6) is 0 Å². The van der Waals surface area contributed by atoms with Gasteiger partial charge >= 0.3 is 5.97 Å². The molecule has 0 aromatic heterocycles. The largest absolute Gasteiger partial charge is 0.455 e. The van der Waals surface area contributed by atoms with Crippen molar-refractivity contribution in [3.63, 3.8) is 0 Å². The summed E-state index contributed by atoms with van der Waals surface area (Å²) in [6, 6.07) is 15.0. The van der Waals surface area contributed by atoms with Crippen molar-refractivity contribution in [2.75, 3.05) is 42.6 Å². The highest BCUT2D eigenvalue weighted by atomic mass is 16.6. The van der Waals surface area contributed by atoms with Gasteiger partial charge in [0.15, 0.2) is 0 Å². The zero-order valence-corrected chi connectivity index (χ0v) is 29.2. The molecule has 7 atom stereocenters. The van der Waals surface area contributed by atoms with Crippen LogP contribution in [0.2, 0.25) is 0 Å². The standard InChI is InChI=1S/C39H48N4O7/c1-5-41(6-2)27-16-18-28(19-17-27)42-22-12-8-11-15-32(45)40-23-31(26-13-9-7-10-14-26)49-38(48)33-30-20-21-39(50-30)34(33)36(46)43(35(39)37(42)47)29(24-44)25(3)4/h7-10,12-14,16-21,25,29-31,33-35,44H,5-6,11,15,22-24H2,1-4H3,(H,40,45)/b12-8-/t29-,30+,31+,33-,34-,35+,39-/m0/s1. The number of aliphatic hydroxyl groups excluding tert-OH is 1. The number of ether oxygens (including phenoxy) is 2. The minimum absolute atomic E-state index is 0.0561. The van der Waals surface area contributed by atoms with Gasteiger partial charge in [0.1, 0.15) is 23.7 Å². The van der Waals surface area contributed by atoms with Crippen molar-refractivity contribution in [1.82, 2.24) is 10.2 Å². The molecule has 4 heterocycles. The number of aliphatic hydroxyl groups is 1. The lowest BCUT2D eigenvalue weighted by Gasteiger charge is -2.40. The number of fused-ring (bicyclic) bond motifs is 2. The van der Waals surface area contributed by atoms with Gasteiger partial charge in [-0.1, -0.05) is 68.5 Å². The molecule has 5 bridgehead atoms. The molecule has 2 N–H and O–H groups in total. The molecule has 0 aliphatic carbocycles. The van der Waals surface area contributed by atoms with E-state index in [0.717, 1.165) is 18.8 Å². The van der Waals surface area contributed by atoms with E-state index in [4.69, 9.17) is 9.47 Å². The number of likely N-dealkylation sites (tertiary alicyclic amines) is 1. The average Bonchev–Trinajstić information content (AvgIpc) is 3.76. The Hall–Kier alpha value is -4.48. The van der Waals surface area contributed by atoms with Gasteiger partial charge in [0.05, 0.1) is 31.2 Å². The number of carbonyl (C=O) groups is 4. The van der Waals surface area contributed by atoms with Gasteiger partial charge < -0.3 is 34.6 Å². The molecule has 11 nitrogen and oxygen atoms in total. The lowest BCUT2D eigenvalue weighted by molar-refractivity contribution is -0.160. The molecule has 6 rings (SSSR count). The topological polar surface area (TPSA) is 129 Å². The Bertz CT molecular complexity index is 1620. The highest BCUT2D eigenvalue weighted by Crippen LogP contribution is 2.56. The summed E-state index contributed by atoms with van der Waals surface area (Å²) in [6.45, 7) is 9.48. The first-order chi connectivity index (χ1) is 24.1. The number of benzene rings is 2. The first kappa shape index (κ1) is 35.3. The molecule has 2 fully saturated rings. The SMILES string of the molecule is CCN(CC)c1ccc(N2C/C=C\CCC(=O)NC[C@H](c3ccccc3)OC(=O)[C@@H]3[C@H]4C(=O)N([C@@H](CO)C(C)C)[C@H](C2=O)[C@]42C=C[C@H]3O2)cc1. The number of esters is 1. The Morgan fingerprint density at radius 3 is 2.36 bits per heavy atom. The molecular weight excluding hydrogens is 636 g/mol. The molecule has 0 radical (unpaired) electrons. The number of nitrogens with zero attached hydrogens (tertiary/aromatic N) is 3. The van der Waals surface area contributed by atoms with E-state index in [1.807, 2.05) is 80.6 Å². The van der Waals surface area contributed by atoms with Crippen LogP contribution in [0, 0.1) is 17.8 Å².